The highest BCUT2D eigenvalue weighted by atomic mass is 35.5. The molecule has 21 heteroatoms. The summed E-state index contributed by atoms with van der Waals surface area (Å²) in [6, 6.07) is 0. The van der Waals surface area contributed by atoms with Gasteiger partial charge in [0.25, 0.3) is 0 Å². The number of halogens is 2. The van der Waals surface area contributed by atoms with Crippen molar-refractivity contribution < 1.29 is 66.2 Å². The highest BCUT2D eigenvalue weighted by molar-refractivity contribution is 7.61. The van der Waals surface area contributed by atoms with Crippen LogP contribution >= 0.6 is 38.3 Å². The summed E-state index contributed by atoms with van der Waals surface area (Å²) in [7, 11) is -9.78. The zero-order chi connectivity index (χ0) is 31.4. The minimum atomic E-state index is -4.89. The van der Waals surface area contributed by atoms with Gasteiger partial charge in [-0.3, -0.25) is 9.05 Å². The fourth-order valence-corrected chi connectivity index (χ4v) is 8.03. The van der Waals surface area contributed by atoms with Gasteiger partial charge in [0.05, 0.1) is 34.1 Å². The molecule has 6 N–H and O–H groups in total. The van der Waals surface area contributed by atoms with Crippen molar-refractivity contribution in [2.24, 2.45) is 0 Å². The van der Waals surface area contributed by atoms with Crippen molar-refractivity contribution in [3.05, 3.63) is 67.3 Å². The Bertz CT molecular complexity index is 1590. The van der Waals surface area contributed by atoms with Crippen LogP contribution in [0, 0.1) is 27.7 Å². The molecular weight excluding hydrogens is 709 g/mol. The molecule has 0 aliphatic heterocycles. The van der Waals surface area contributed by atoms with Crippen LogP contribution < -0.4 is 45.4 Å². The molecule has 0 aliphatic rings. The number of aryl methyl sites for hydroxylation is 2. The first-order chi connectivity index (χ1) is 20.2. The van der Waals surface area contributed by atoms with E-state index in [0.717, 1.165) is 32.3 Å². The summed E-state index contributed by atoms with van der Waals surface area (Å²) >= 11 is 2.86. The fraction of sp³-hybridized carbons (Fsp3) is 0.417. The first-order valence-corrected chi connectivity index (χ1v) is 17.7. The number of thiazole rings is 2. The van der Waals surface area contributed by atoms with Gasteiger partial charge in [-0.25, -0.2) is 29.1 Å². The van der Waals surface area contributed by atoms with Gasteiger partial charge in [-0.2, -0.15) is 13.4 Å². The lowest BCUT2D eigenvalue weighted by Crippen LogP contribution is -3.00. The molecule has 2 atom stereocenters. The van der Waals surface area contributed by atoms with Gasteiger partial charge >= 0.3 is 15.6 Å². The summed E-state index contributed by atoms with van der Waals surface area (Å²) in [4.78, 5) is 38.6. The number of phosphoric acid groups is 2. The monoisotopic (exact) mass is 742 g/mol. The molecule has 0 amide bonds. The molecule has 0 radical (unpaired) electrons. The van der Waals surface area contributed by atoms with Crippen molar-refractivity contribution in [3.63, 3.8) is 0 Å². The Labute approximate surface area is 280 Å². The molecule has 2 unspecified atom stereocenters. The molecule has 0 bridgehead atoms. The maximum atomic E-state index is 12.4. The van der Waals surface area contributed by atoms with E-state index in [2.05, 4.69) is 24.2 Å². The van der Waals surface area contributed by atoms with E-state index in [9.17, 15) is 18.9 Å². The number of nitrogens with zero attached hydrogens (tertiary/aromatic N) is 6. The van der Waals surface area contributed by atoms with E-state index in [1.807, 2.05) is 34.0 Å². The summed E-state index contributed by atoms with van der Waals surface area (Å²) in [5, 5.41) is 0. The zero-order valence-corrected chi connectivity index (χ0v) is 29.7. The van der Waals surface area contributed by atoms with Gasteiger partial charge in [-0.1, -0.05) is 22.7 Å². The number of aromatic nitrogens is 6. The van der Waals surface area contributed by atoms with Crippen LogP contribution in [0.1, 0.15) is 43.9 Å². The summed E-state index contributed by atoms with van der Waals surface area (Å²) in [6.45, 7) is 7.78. The average Bonchev–Trinajstić information content (AvgIpc) is 3.43. The average molecular weight is 744 g/mol. The summed E-state index contributed by atoms with van der Waals surface area (Å²) in [5.41, 5.74) is 19.1. The van der Waals surface area contributed by atoms with E-state index in [0.29, 0.717) is 36.4 Å². The van der Waals surface area contributed by atoms with Crippen LogP contribution in [0.4, 0.5) is 11.6 Å². The number of hydrogen-bond acceptors (Lipinski definition) is 13. The molecule has 0 saturated heterocycles. The molecule has 4 heterocycles. The first kappa shape index (κ1) is 39.0. The smallest absolute Gasteiger partial charge is 0.481 e. The molecule has 4 aromatic rings. The number of hydrogen-bond donors (Lipinski definition) is 4. The summed E-state index contributed by atoms with van der Waals surface area (Å²) in [5.74, 6) is 1.97. The second-order valence-electron chi connectivity index (χ2n) is 9.56. The largest absolute Gasteiger partial charge is 1.00 e. The van der Waals surface area contributed by atoms with Crippen molar-refractivity contribution in [1.82, 2.24) is 19.9 Å². The minimum absolute atomic E-state index is 0. The van der Waals surface area contributed by atoms with Crippen LogP contribution in [0.25, 0.3) is 0 Å². The molecule has 0 spiro atoms. The van der Waals surface area contributed by atoms with E-state index in [1.165, 1.54) is 22.7 Å². The van der Waals surface area contributed by atoms with Crippen LogP contribution in [0.2, 0.25) is 0 Å². The Balaban J connectivity index is 0.00000353. The van der Waals surface area contributed by atoms with Gasteiger partial charge in [0.15, 0.2) is 24.5 Å². The van der Waals surface area contributed by atoms with Crippen molar-refractivity contribution >= 4 is 50.0 Å². The molecule has 0 saturated carbocycles. The molecule has 15 nitrogen and oxygen atoms in total. The highest BCUT2D eigenvalue weighted by Gasteiger charge is 2.35. The lowest BCUT2D eigenvalue weighted by Gasteiger charge is -2.15. The lowest BCUT2D eigenvalue weighted by atomic mass is 10.2. The molecule has 4 aromatic heterocycles. The maximum absolute atomic E-state index is 12.4. The van der Waals surface area contributed by atoms with Gasteiger partial charge < -0.3 is 46.1 Å². The topological polar surface area (TPSA) is 214 Å². The van der Waals surface area contributed by atoms with Crippen molar-refractivity contribution in [2.75, 3.05) is 24.7 Å². The number of nitrogens with two attached hydrogens (primary N) is 2. The molecular formula is C24H34Cl2N8O7P2S2. The van der Waals surface area contributed by atoms with E-state index in [-0.39, 0.29) is 50.9 Å². The predicted octanol–water partition coefficient (Wildman–Crippen LogP) is -3.50. The van der Waals surface area contributed by atoms with E-state index < -0.39 is 15.6 Å². The van der Waals surface area contributed by atoms with Crippen molar-refractivity contribution in [2.45, 2.75) is 53.6 Å². The Morgan fingerprint density at radius 2 is 1.13 bits per heavy atom. The van der Waals surface area contributed by atoms with Gasteiger partial charge in [0.2, 0.25) is 11.0 Å². The second-order valence-corrected chi connectivity index (χ2v) is 14.5. The van der Waals surface area contributed by atoms with Gasteiger partial charge in [0, 0.05) is 39.1 Å². The third kappa shape index (κ3) is 11.0. The van der Waals surface area contributed by atoms with Crippen LogP contribution in [-0.2, 0) is 48.4 Å². The number of anilines is 2. The molecule has 0 aliphatic carbocycles. The maximum Gasteiger partial charge on any atom is 0.481 e. The fourth-order valence-electron chi connectivity index (χ4n) is 4.02. The Morgan fingerprint density at radius 3 is 1.49 bits per heavy atom. The standard InChI is InChI=1S/C24H32N8O7P2S2.2ClH/c1-15-21(42-13-31(15)11-19-9-27-17(3)29-23(19)25)5-7-37-40(33,34)39-41(35,36)38-8-6-22-16(2)32(14-43-22)12-20-10-28-18(4)30-24(20)26;;/h9-10,13-14H,5-8,11-12H2,1-4H3,(H4-2,25,26,27,28,29,30,33,34,35,36);2*1H. The van der Waals surface area contributed by atoms with Gasteiger partial charge in [0.1, 0.15) is 23.3 Å². The molecule has 4 rings (SSSR count). The first-order valence-electron chi connectivity index (χ1n) is 13.0. The second kappa shape index (κ2) is 16.6. The van der Waals surface area contributed by atoms with E-state index in [4.69, 9.17) is 20.5 Å². The van der Waals surface area contributed by atoms with Crippen LogP contribution in [-0.4, -0.2) is 42.9 Å². The Hall–Kier alpha value is -2.14. The quantitative estimate of drug-likeness (QED) is 0.0731. The van der Waals surface area contributed by atoms with Crippen molar-refractivity contribution in [1.29, 1.82) is 0 Å². The van der Waals surface area contributed by atoms with Gasteiger partial charge in [-0.05, 0) is 13.8 Å². The third-order valence-corrected chi connectivity index (χ3v) is 11.4. The highest BCUT2D eigenvalue weighted by Crippen LogP contribution is 2.60. The molecule has 45 heavy (non-hydrogen) atoms. The van der Waals surface area contributed by atoms with Crippen molar-refractivity contribution in [3.8, 4) is 0 Å². The molecule has 0 aromatic carbocycles. The minimum Gasteiger partial charge on any atom is -1.00 e. The predicted molar refractivity (Wildman–Crippen MR) is 159 cm³/mol. The Morgan fingerprint density at radius 1 is 0.756 bits per heavy atom. The van der Waals surface area contributed by atoms with Crippen LogP contribution in [0.15, 0.2) is 23.4 Å². The normalized spacial score (nSPS) is 13.8. The third-order valence-electron chi connectivity index (χ3n) is 6.40. The molecule has 0 fully saturated rings. The molecule has 248 valence electrons. The van der Waals surface area contributed by atoms with Crippen LogP contribution in [0.5, 0.6) is 0 Å². The van der Waals surface area contributed by atoms with E-state index >= 15 is 0 Å². The lowest BCUT2D eigenvalue weighted by molar-refractivity contribution is -0.689. The SMILES string of the molecule is Cc1ncc(C[n+]2csc(CCOP(=O)(O)OP(=O)(O)OCCc3sc[n+](Cc4cnc(C)nc4N)c3C)c2C)c(N)n1.[Cl-].[Cl-]. The number of nitrogen functional groups attached to an aromatic ring is 2. The Kier molecular flexibility index (Phi) is 14.4. The number of phosphoric ester groups is 2. The zero-order valence-electron chi connectivity index (χ0n) is 24.8. The summed E-state index contributed by atoms with van der Waals surface area (Å²) in [6.07, 6.45) is 3.89. The number of rotatable bonds is 14. The van der Waals surface area contributed by atoms with Gasteiger partial charge in [-0.15, -0.1) is 0 Å². The van der Waals surface area contributed by atoms with E-state index in [1.54, 1.807) is 26.2 Å². The summed E-state index contributed by atoms with van der Waals surface area (Å²) < 4.78 is 43.1. The van der Waals surface area contributed by atoms with Crippen LogP contribution in [0.3, 0.4) is 0 Å².